The van der Waals surface area contributed by atoms with Crippen LogP contribution in [0.4, 0.5) is 5.69 Å². The molecule has 208 valence electrons. The van der Waals surface area contributed by atoms with E-state index in [1.807, 2.05) is 20.8 Å². The second-order valence-electron chi connectivity index (χ2n) is 9.48. The second-order valence-corrected chi connectivity index (χ2v) is 12.2. The molecule has 0 aliphatic rings. The summed E-state index contributed by atoms with van der Waals surface area (Å²) in [5.74, 6) is -0.652. The molecule has 7 nitrogen and oxygen atoms in total. The van der Waals surface area contributed by atoms with Crippen LogP contribution in [0.2, 0.25) is 10.0 Å². The van der Waals surface area contributed by atoms with Crippen molar-refractivity contribution in [2.75, 3.05) is 17.4 Å². The van der Waals surface area contributed by atoms with Crippen molar-refractivity contribution in [1.29, 1.82) is 0 Å². The van der Waals surface area contributed by atoms with Crippen molar-refractivity contribution in [1.82, 2.24) is 10.2 Å². The Labute approximate surface area is 240 Å². The van der Waals surface area contributed by atoms with Crippen LogP contribution in [0.15, 0.2) is 83.8 Å². The number of carbonyl (C=O) groups excluding carboxylic acids is 2. The molecule has 39 heavy (non-hydrogen) atoms. The summed E-state index contributed by atoms with van der Waals surface area (Å²) in [6.07, 6.45) is 0.322. The monoisotopic (exact) mass is 589 g/mol. The van der Waals surface area contributed by atoms with Gasteiger partial charge in [-0.1, -0.05) is 86.4 Å². The average molecular weight is 591 g/mol. The van der Waals surface area contributed by atoms with Gasteiger partial charge >= 0.3 is 0 Å². The fourth-order valence-electron chi connectivity index (χ4n) is 4.03. The van der Waals surface area contributed by atoms with Crippen molar-refractivity contribution in [3.8, 4) is 0 Å². The summed E-state index contributed by atoms with van der Waals surface area (Å²) >= 11 is 12.6. The van der Waals surface area contributed by atoms with Gasteiger partial charge < -0.3 is 10.2 Å². The van der Waals surface area contributed by atoms with Crippen LogP contribution >= 0.6 is 23.2 Å². The van der Waals surface area contributed by atoms with Crippen molar-refractivity contribution in [2.24, 2.45) is 5.92 Å². The number of hydrogen-bond donors (Lipinski definition) is 1. The van der Waals surface area contributed by atoms with Gasteiger partial charge in [-0.25, -0.2) is 8.42 Å². The first-order valence-electron chi connectivity index (χ1n) is 12.7. The van der Waals surface area contributed by atoms with Crippen molar-refractivity contribution in [3.63, 3.8) is 0 Å². The van der Waals surface area contributed by atoms with Gasteiger partial charge in [0, 0.05) is 23.1 Å². The summed E-state index contributed by atoms with van der Waals surface area (Å²) in [6.45, 7) is 5.69. The molecule has 3 rings (SSSR count). The standard InChI is InChI=1S/C29H33Cl2N3O4S/c1-4-27(29(36)32-18-21(2)3)33(19-22-11-8-9-16-26(22)31)28(35)20-34(24-13-10-12-23(30)17-24)39(37,38)25-14-6-5-7-15-25/h5-17,21,27H,4,18-20H2,1-3H3,(H,32,36)/t27-/m0/s1. The number of halogens is 2. The summed E-state index contributed by atoms with van der Waals surface area (Å²) in [6, 6.07) is 20.4. The number of sulfonamides is 1. The molecular formula is C29H33Cl2N3O4S. The van der Waals surface area contributed by atoms with Crippen LogP contribution in [0.5, 0.6) is 0 Å². The van der Waals surface area contributed by atoms with Crippen LogP contribution in [0.1, 0.15) is 32.8 Å². The maximum Gasteiger partial charge on any atom is 0.264 e. The predicted molar refractivity (Wildman–Crippen MR) is 156 cm³/mol. The molecule has 0 spiro atoms. The number of carbonyl (C=O) groups is 2. The summed E-state index contributed by atoms with van der Waals surface area (Å²) in [7, 11) is -4.15. The van der Waals surface area contributed by atoms with Crippen LogP contribution in [-0.4, -0.2) is 44.3 Å². The minimum absolute atomic E-state index is 0.0251. The topological polar surface area (TPSA) is 86.8 Å². The fourth-order valence-corrected chi connectivity index (χ4v) is 5.84. The summed E-state index contributed by atoms with van der Waals surface area (Å²) in [5.41, 5.74) is 0.873. The Balaban J connectivity index is 2.05. The Morgan fingerprint density at radius 2 is 1.59 bits per heavy atom. The third kappa shape index (κ3) is 7.97. The number of nitrogens with zero attached hydrogens (tertiary/aromatic N) is 2. The number of nitrogens with one attached hydrogen (secondary N) is 1. The van der Waals surface area contributed by atoms with E-state index < -0.39 is 28.5 Å². The second kappa shape index (κ2) is 13.8. The number of anilines is 1. The summed E-state index contributed by atoms with van der Waals surface area (Å²) < 4.78 is 28.6. The highest BCUT2D eigenvalue weighted by Gasteiger charge is 2.34. The smallest absolute Gasteiger partial charge is 0.264 e. The van der Waals surface area contributed by atoms with Gasteiger partial charge in [-0.15, -0.1) is 0 Å². The first-order valence-corrected chi connectivity index (χ1v) is 14.9. The van der Waals surface area contributed by atoms with Gasteiger partial charge in [0.1, 0.15) is 12.6 Å². The van der Waals surface area contributed by atoms with E-state index in [4.69, 9.17) is 23.2 Å². The van der Waals surface area contributed by atoms with Gasteiger partial charge in [0.15, 0.2) is 0 Å². The maximum absolute atomic E-state index is 14.0. The third-order valence-corrected chi connectivity index (χ3v) is 8.47. The Kier molecular flexibility index (Phi) is 10.8. The zero-order chi connectivity index (χ0) is 28.6. The number of benzene rings is 3. The molecule has 10 heteroatoms. The van der Waals surface area contributed by atoms with Gasteiger partial charge in [0.05, 0.1) is 10.6 Å². The predicted octanol–water partition coefficient (Wildman–Crippen LogP) is 5.77. The molecule has 0 aromatic heterocycles. The zero-order valence-electron chi connectivity index (χ0n) is 22.2. The Morgan fingerprint density at radius 1 is 0.923 bits per heavy atom. The highest BCUT2D eigenvalue weighted by Crippen LogP contribution is 2.27. The first kappa shape index (κ1) is 30.5. The molecular weight excluding hydrogens is 557 g/mol. The van der Waals surface area contributed by atoms with E-state index in [-0.39, 0.29) is 29.0 Å². The van der Waals surface area contributed by atoms with E-state index >= 15 is 0 Å². The van der Waals surface area contributed by atoms with Crippen molar-refractivity contribution < 1.29 is 18.0 Å². The maximum atomic E-state index is 14.0. The molecule has 0 aliphatic carbocycles. The lowest BCUT2D eigenvalue weighted by atomic mass is 10.1. The van der Waals surface area contributed by atoms with Gasteiger partial charge in [0.2, 0.25) is 11.8 Å². The normalized spacial score (nSPS) is 12.2. The van der Waals surface area contributed by atoms with E-state index in [9.17, 15) is 18.0 Å². The van der Waals surface area contributed by atoms with Gasteiger partial charge in [-0.2, -0.15) is 0 Å². The lowest BCUT2D eigenvalue weighted by Gasteiger charge is -2.33. The SMILES string of the molecule is CC[C@@H](C(=O)NCC(C)C)N(Cc1ccccc1Cl)C(=O)CN(c1cccc(Cl)c1)S(=O)(=O)c1ccccc1. The van der Waals surface area contributed by atoms with E-state index in [0.717, 1.165) is 4.31 Å². The lowest BCUT2D eigenvalue weighted by molar-refractivity contribution is -0.140. The Morgan fingerprint density at radius 3 is 2.21 bits per heavy atom. The molecule has 0 aliphatic heterocycles. The molecule has 1 atom stereocenters. The van der Waals surface area contributed by atoms with Gasteiger partial charge in [0.25, 0.3) is 10.0 Å². The van der Waals surface area contributed by atoms with E-state index in [0.29, 0.717) is 28.6 Å². The van der Waals surface area contributed by atoms with Crippen molar-refractivity contribution in [2.45, 2.75) is 44.7 Å². The lowest BCUT2D eigenvalue weighted by Crippen LogP contribution is -2.52. The molecule has 0 saturated carbocycles. The zero-order valence-corrected chi connectivity index (χ0v) is 24.5. The first-order chi connectivity index (χ1) is 18.5. The molecule has 0 fully saturated rings. The molecule has 3 aromatic rings. The average Bonchev–Trinajstić information content (AvgIpc) is 2.91. The number of amides is 2. The highest BCUT2D eigenvalue weighted by atomic mass is 35.5. The quantitative estimate of drug-likeness (QED) is 0.290. The van der Waals surface area contributed by atoms with Crippen LogP contribution in [0.3, 0.4) is 0 Å². The van der Waals surface area contributed by atoms with Crippen molar-refractivity contribution in [3.05, 3.63) is 94.5 Å². The van der Waals surface area contributed by atoms with Crippen molar-refractivity contribution >= 4 is 50.7 Å². The molecule has 0 saturated heterocycles. The van der Waals surface area contributed by atoms with Crippen LogP contribution in [0, 0.1) is 5.92 Å². The minimum Gasteiger partial charge on any atom is -0.354 e. The summed E-state index contributed by atoms with van der Waals surface area (Å²) in [5, 5.41) is 3.66. The fraction of sp³-hybridized carbons (Fsp3) is 0.310. The van der Waals surface area contributed by atoms with E-state index in [2.05, 4.69) is 5.32 Å². The molecule has 1 N–H and O–H groups in total. The molecule has 2 amide bonds. The molecule has 3 aromatic carbocycles. The van der Waals surface area contributed by atoms with Crippen LogP contribution in [0.25, 0.3) is 0 Å². The largest absolute Gasteiger partial charge is 0.354 e. The third-order valence-electron chi connectivity index (χ3n) is 6.08. The highest BCUT2D eigenvalue weighted by molar-refractivity contribution is 7.92. The molecule has 0 heterocycles. The Hall–Kier alpha value is -3.07. The Bertz CT molecular complexity index is 1380. The molecule has 0 unspecified atom stereocenters. The van der Waals surface area contributed by atoms with Crippen LogP contribution < -0.4 is 9.62 Å². The number of hydrogen-bond acceptors (Lipinski definition) is 4. The minimum atomic E-state index is -4.15. The molecule has 0 radical (unpaired) electrons. The van der Waals surface area contributed by atoms with Gasteiger partial charge in [-0.05, 0) is 54.3 Å². The number of rotatable bonds is 12. The summed E-state index contributed by atoms with van der Waals surface area (Å²) in [4.78, 5) is 28.7. The molecule has 0 bridgehead atoms. The van der Waals surface area contributed by atoms with E-state index in [1.54, 1.807) is 60.7 Å². The van der Waals surface area contributed by atoms with Crippen LogP contribution in [-0.2, 0) is 26.2 Å². The van der Waals surface area contributed by atoms with E-state index in [1.165, 1.54) is 23.1 Å². The van der Waals surface area contributed by atoms with Gasteiger partial charge in [-0.3, -0.25) is 13.9 Å².